The number of phenols is 1. The van der Waals surface area contributed by atoms with E-state index in [9.17, 15) is 19.5 Å². The molecule has 0 heterocycles. The zero-order valence-electron chi connectivity index (χ0n) is 24.8. The number of rotatable bonds is 15. The van der Waals surface area contributed by atoms with E-state index in [1.54, 1.807) is 37.8 Å². The highest BCUT2D eigenvalue weighted by atomic mass is 16.6. The lowest BCUT2D eigenvalue weighted by atomic mass is 9.95. The summed E-state index contributed by atoms with van der Waals surface area (Å²) >= 11 is 0. The standard InChI is InChI=1S/C30H51N3O5/c1-9-12-13-14-19-33(28(36)25(21(4)11-3)32-29(37)38-30(6,7)8)26(23-17-15-18-24(34)20-23)27(35)31-22(5)16-10-2/h15,17-18,20-22,25-26,34H,9-14,16,19H2,1-8H3,(H,31,35)(H,32,37). The lowest BCUT2D eigenvalue weighted by Gasteiger charge is -2.36. The number of carbonyl (C=O) groups is 3. The number of alkyl carbamates (subject to hydrolysis) is 1. The molecule has 216 valence electrons. The molecule has 0 bridgehead atoms. The Morgan fingerprint density at radius 2 is 1.68 bits per heavy atom. The van der Waals surface area contributed by atoms with Crippen molar-refractivity contribution < 1.29 is 24.2 Å². The summed E-state index contributed by atoms with van der Waals surface area (Å²) in [6, 6.07) is 4.59. The topological polar surface area (TPSA) is 108 Å². The predicted octanol–water partition coefficient (Wildman–Crippen LogP) is 6.09. The molecule has 0 aliphatic carbocycles. The Balaban J connectivity index is 3.52. The van der Waals surface area contributed by atoms with E-state index >= 15 is 0 Å². The lowest BCUT2D eigenvalue weighted by Crippen LogP contribution is -2.55. The van der Waals surface area contributed by atoms with Crippen LogP contribution < -0.4 is 10.6 Å². The van der Waals surface area contributed by atoms with E-state index in [4.69, 9.17) is 4.74 Å². The molecule has 3 amide bonds. The first kappa shape index (κ1) is 33.3. The molecule has 0 saturated heterocycles. The van der Waals surface area contributed by atoms with Gasteiger partial charge in [-0.1, -0.05) is 71.9 Å². The van der Waals surface area contributed by atoms with Crippen molar-refractivity contribution in [2.24, 2.45) is 5.92 Å². The molecule has 8 heteroatoms. The molecule has 0 aliphatic heterocycles. The molecule has 0 aromatic heterocycles. The number of carbonyl (C=O) groups excluding carboxylic acids is 3. The molecule has 0 saturated carbocycles. The fourth-order valence-corrected chi connectivity index (χ4v) is 4.37. The molecule has 0 aliphatic rings. The summed E-state index contributed by atoms with van der Waals surface area (Å²) in [5, 5.41) is 16.1. The maximum Gasteiger partial charge on any atom is 0.408 e. The van der Waals surface area contributed by atoms with Gasteiger partial charge in [-0.05, 0) is 64.2 Å². The Morgan fingerprint density at radius 3 is 2.24 bits per heavy atom. The van der Waals surface area contributed by atoms with Crippen LogP contribution in [0.1, 0.15) is 112 Å². The van der Waals surface area contributed by atoms with E-state index in [1.807, 2.05) is 20.8 Å². The molecule has 4 atom stereocenters. The second kappa shape index (κ2) is 16.2. The van der Waals surface area contributed by atoms with Crippen LogP contribution in [0.2, 0.25) is 0 Å². The van der Waals surface area contributed by atoms with Crippen LogP contribution in [0.25, 0.3) is 0 Å². The van der Waals surface area contributed by atoms with E-state index in [0.717, 1.165) is 32.1 Å². The van der Waals surface area contributed by atoms with Crippen LogP contribution in [0.5, 0.6) is 5.75 Å². The Bertz CT molecular complexity index is 883. The van der Waals surface area contributed by atoms with Gasteiger partial charge < -0.3 is 25.4 Å². The normalized spacial score (nSPS) is 14.6. The molecular formula is C30H51N3O5. The summed E-state index contributed by atoms with van der Waals surface area (Å²) < 4.78 is 5.46. The SMILES string of the molecule is CCCCCCN(C(=O)C(NC(=O)OC(C)(C)C)C(C)CC)C(C(=O)NC(C)CCC)c1cccc(O)c1. The van der Waals surface area contributed by atoms with Crippen molar-refractivity contribution in [1.82, 2.24) is 15.5 Å². The summed E-state index contributed by atoms with van der Waals surface area (Å²) in [6.45, 7) is 15.6. The van der Waals surface area contributed by atoms with E-state index in [1.165, 1.54) is 12.1 Å². The van der Waals surface area contributed by atoms with Gasteiger partial charge in [-0.25, -0.2) is 4.79 Å². The van der Waals surface area contributed by atoms with Gasteiger partial charge in [0.15, 0.2) is 0 Å². The van der Waals surface area contributed by atoms with Gasteiger partial charge >= 0.3 is 6.09 Å². The number of nitrogens with one attached hydrogen (secondary N) is 2. The van der Waals surface area contributed by atoms with Crippen LogP contribution in [0.3, 0.4) is 0 Å². The van der Waals surface area contributed by atoms with Gasteiger partial charge in [0.25, 0.3) is 0 Å². The summed E-state index contributed by atoms with van der Waals surface area (Å²) in [6.07, 6.45) is 5.37. The van der Waals surface area contributed by atoms with E-state index in [0.29, 0.717) is 24.9 Å². The molecule has 38 heavy (non-hydrogen) atoms. The maximum absolute atomic E-state index is 14.2. The van der Waals surface area contributed by atoms with Crippen molar-refractivity contribution in [2.75, 3.05) is 6.54 Å². The Morgan fingerprint density at radius 1 is 1.00 bits per heavy atom. The van der Waals surface area contributed by atoms with Gasteiger partial charge in [0, 0.05) is 12.6 Å². The summed E-state index contributed by atoms with van der Waals surface area (Å²) in [4.78, 5) is 42.3. The van der Waals surface area contributed by atoms with Crippen LogP contribution in [0, 0.1) is 5.92 Å². The van der Waals surface area contributed by atoms with Crippen molar-refractivity contribution in [2.45, 2.75) is 124 Å². The molecule has 4 unspecified atom stereocenters. The number of amides is 3. The van der Waals surface area contributed by atoms with Gasteiger partial charge in [0.2, 0.25) is 11.8 Å². The van der Waals surface area contributed by atoms with Gasteiger partial charge in [-0.3, -0.25) is 9.59 Å². The number of aromatic hydroxyl groups is 1. The highest BCUT2D eigenvalue weighted by Gasteiger charge is 2.38. The third-order valence-corrected chi connectivity index (χ3v) is 6.54. The van der Waals surface area contributed by atoms with Crippen LogP contribution >= 0.6 is 0 Å². The fraction of sp³-hybridized carbons (Fsp3) is 0.700. The average molecular weight is 534 g/mol. The zero-order chi connectivity index (χ0) is 28.9. The van der Waals surface area contributed by atoms with Gasteiger partial charge in [0.1, 0.15) is 23.4 Å². The highest BCUT2D eigenvalue weighted by Crippen LogP contribution is 2.28. The third-order valence-electron chi connectivity index (χ3n) is 6.54. The van der Waals surface area contributed by atoms with Gasteiger partial charge in [-0.15, -0.1) is 0 Å². The Labute approximate surface area is 229 Å². The smallest absolute Gasteiger partial charge is 0.408 e. The molecule has 1 rings (SSSR count). The minimum absolute atomic E-state index is 0.0191. The molecule has 1 aromatic carbocycles. The largest absolute Gasteiger partial charge is 0.508 e. The first-order chi connectivity index (χ1) is 17.8. The second-order valence-electron chi connectivity index (χ2n) is 11.3. The molecule has 0 spiro atoms. The third kappa shape index (κ3) is 11.3. The molecule has 0 radical (unpaired) electrons. The van der Waals surface area contributed by atoms with E-state index in [-0.39, 0.29) is 29.5 Å². The Kier molecular flexibility index (Phi) is 14.2. The molecule has 0 fully saturated rings. The predicted molar refractivity (Wildman–Crippen MR) is 152 cm³/mol. The molecule has 1 aromatic rings. The summed E-state index contributed by atoms with van der Waals surface area (Å²) in [5.74, 6) is -0.820. The number of hydrogen-bond donors (Lipinski definition) is 3. The van der Waals surface area contributed by atoms with Gasteiger partial charge in [0.05, 0.1) is 0 Å². The summed E-state index contributed by atoms with van der Waals surface area (Å²) in [7, 11) is 0. The molecular weight excluding hydrogens is 482 g/mol. The quantitative estimate of drug-likeness (QED) is 0.237. The zero-order valence-corrected chi connectivity index (χ0v) is 24.8. The number of phenolic OH excluding ortho intramolecular Hbond substituents is 1. The van der Waals surface area contributed by atoms with Crippen molar-refractivity contribution in [1.29, 1.82) is 0 Å². The van der Waals surface area contributed by atoms with Crippen molar-refractivity contribution >= 4 is 17.9 Å². The number of benzene rings is 1. The van der Waals surface area contributed by atoms with Crippen molar-refractivity contribution in [3.63, 3.8) is 0 Å². The fourth-order valence-electron chi connectivity index (χ4n) is 4.37. The maximum atomic E-state index is 14.2. The lowest BCUT2D eigenvalue weighted by molar-refractivity contribution is -0.143. The van der Waals surface area contributed by atoms with Crippen LogP contribution in [0.15, 0.2) is 24.3 Å². The van der Waals surface area contributed by atoms with Crippen LogP contribution in [0.4, 0.5) is 4.79 Å². The number of unbranched alkanes of at least 4 members (excludes halogenated alkanes) is 3. The average Bonchev–Trinajstić information content (AvgIpc) is 2.82. The second-order valence-corrected chi connectivity index (χ2v) is 11.3. The Hall–Kier alpha value is -2.77. The first-order valence-electron chi connectivity index (χ1n) is 14.2. The van der Waals surface area contributed by atoms with Crippen molar-refractivity contribution in [3.05, 3.63) is 29.8 Å². The summed E-state index contributed by atoms with van der Waals surface area (Å²) in [5.41, 5.74) is -0.193. The van der Waals surface area contributed by atoms with Crippen LogP contribution in [-0.4, -0.2) is 52.1 Å². The molecule has 8 nitrogen and oxygen atoms in total. The van der Waals surface area contributed by atoms with Crippen molar-refractivity contribution in [3.8, 4) is 5.75 Å². The van der Waals surface area contributed by atoms with E-state index < -0.39 is 23.8 Å². The van der Waals surface area contributed by atoms with Crippen LogP contribution in [-0.2, 0) is 14.3 Å². The number of hydrogen-bond acceptors (Lipinski definition) is 5. The minimum Gasteiger partial charge on any atom is -0.508 e. The first-order valence-corrected chi connectivity index (χ1v) is 14.2. The monoisotopic (exact) mass is 533 g/mol. The van der Waals surface area contributed by atoms with E-state index in [2.05, 4.69) is 24.5 Å². The number of ether oxygens (including phenoxy) is 1. The van der Waals surface area contributed by atoms with Gasteiger partial charge in [-0.2, -0.15) is 0 Å². The minimum atomic E-state index is -0.956. The highest BCUT2D eigenvalue weighted by molar-refractivity contribution is 5.92. The number of nitrogens with zero attached hydrogens (tertiary/aromatic N) is 1. The molecule has 3 N–H and O–H groups in total.